The van der Waals surface area contributed by atoms with Crippen LogP contribution in [0.1, 0.15) is 51.0 Å². The van der Waals surface area contributed by atoms with E-state index in [0.29, 0.717) is 13.2 Å². The predicted molar refractivity (Wildman–Crippen MR) is 88.5 cm³/mol. The largest absolute Gasteiger partial charge is 0.379 e. The third-order valence-electron chi connectivity index (χ3n) is 3.42. The number of unbranched alkanes of at least 4 members (excludes halogenated alkanes) is 5. The molecule has 0 aliphatic rings. The number of rotatable bonds is 12. The van der Waals surface area contributed by atoms with Crippen molar-refractivity contribution in [3.8, 4) is 0 Å². The highest BCUT2D eigenvalue weighted by atomic mass is 32.2. The molecule has 0 saturated carbocycles. The van der Waals surface area contributed by atoms with Gasteiger partial charge in [-0.15, -0.1) is 0 Å². The van der Waals surface area contributed by atoms with Gasteiger partial charge in [0.2, 0.25) is 0 Å². The summed E-state index contributed by atoms with van der Waals surface area (Å²) in [5, 5.41) is 0. The molecule has 0 spiro atoms. The van der Waals surface area contributed by atoms with E-state index in [1.54, 1.807) is 24.3 Å². The fraction of sp³-hybridized carbons (Fsp3) is 0.647. The standard InChI is InChI=1S/C17H28O4S/c1-3-4-5-6-7-8-13-20-14-15-21-22(18,19)17-11-9-16(2)10-12-17/h9-12H,3-8,13-15H2,1-2H3. The summed E-state index contributed by atoms with van der Waals surface area (Å²) in [6.07, 6.45) is 7.27. The van der Waals surface area contributed by atoms with Gasteiger partial charge in [0.05, 0.1) is 18.1 Å². The predicted octanol–water partition coefficient (Wildman–Crippen LogP) is 4.08. The van der Waals surface area contributed by atoms with Crippen molar-refractivity contribution in [2.45, 2.75) is 57.3 Å². The lowest BCUT2D eigenvalue weighted by Crippen LogP contribution is -2.12. The summed E-state index contributed by atoms with van der Waals surface area (Å²) in [6, 6.07) is 6.63. The molecule has 1 aromatic carbocycles. The van der Waals surface area contributed by atoms with Crippen molar-refractivity contribution in [1.29, 1.82) is 0 Å². The van der Waals surface area contributed by atoms with Crippen LogP contribution >= 0.6 is 0 Å². The van der Waals surface area contributed by atoms with Crippen molar-refractivity contribution in [3.63, 3.8) is 0 Å². The Morgan fingerprint density at radius 1 is 0.864 bits per heavy atom. The van der Waals surface area contributed by atoms with Crippen LogP contribution in [0.15, 0.2) is 29.2 Å². The maximum Gasteiger partial charge on any atom is 0.297 e. The fourth-order valence-corrected chi connectivity index (χ4v) is 2.96. The van der Waals surface area contributed by atoms with Gasteiger partial charge in [0.25, 0.3) is 10.1 Å². The van der Waals surface area contributed by atoms with Gasteiger partial charge in [0.15, 0.2) is 0 Å². The molecule has 1 aromatic rings. The Morgan fingerprint density at radius 3 is 2.18 bits per heavy atom. The van der Waals surface area contributed by atoms with E-state index in [2.05, 4.69) is 6.92 Å². The second-order valence-electron chi connectivity index (χ2n) is 5.47. The lowest BCUT2D eigenvalue weighted by atomic mass is 10.1. The van der Waals surface area contributed by atoms with Gasteiger partial charge in [-0.25, -0.2) is 0 Å². The molecule has 0 unspecified atom stereocenters. The third-order valence-corrected chi connectivity index (χ3v) is 4.74. The van der Waals surface area contributed by atoms with Crippen LogP contribution in [0.3, 0.4) is 0 Å². The molecule has 4 nitrogen and oxygen atoms in total. The molecule has 0 radical (unpaired) electrons. The van der Waals surface area contributed by atoms with Gasteiger partial charge in [-0.05, 0) is 25.5 Å². The monoisotopic (exact) mass is 328 g/mol. The summed E-state index contributed by atoms with van der Waals surface area (Å²) < 4.78 is 34.2. The van der Waals surface area contributed by atoms with Crippen LogP contribution in [0.25, 0.3) is 0 Å². The zero-order valence-corrected chi connectivity index (χ0v) is 14.5. The number of aryl methyl sites for hydroxylation is 1. The van der Waals surface area contributed by atoms with Gasteiger partial charge in [-0.1, -0.05) is 56.7 Å². The highest BCUT2D eigenvalue weighted by Crippen LogP contribution is 2.13. The first-order chi connectivity index (χ1) is 10.6. The van der Waals surface area contributed by atoms with Crippen LogP contribution in [-0.4, -0.2) is 28.2 Å². The molecule has 5 heteroatoms. The first kappa shape index (κ1) is 19.1. The number of hydrogen-bond acceptors (Lipinski definition) is 4. The van der Waals surface area contributed by atoms with Gasteiger partial charge in [0, 0.05) is 6.61 Å². The molecule has 0 saturated heterocycles. The van der Waals surface area contributed by atoms with E-state index in [1.165, 1.54) is 32.1 Å². The molecule has 1 rings (SSSR count). The summed E-state index contributed by atoms with van der Waals surface area (Å²) in [4.78, 5) is 0.189. The highest BCUT2D eigenvalue weighted by molar-refractivity contribution is 7.86. The Labute approximate surface area is 135 Å². The van der Waals surface area contributed by atoms with Gasteiger partial charge >= 0.3 is 0 Å². The topological polar surface area (TPSA) is 52.6 Å². The van der Waals surface area contributed by atoms with Gasteiger partial charge in [0.1, 0.15) is 0 Å². The van der Waals surface area contributed by atoms with Gasteiger partial charge in [-0.2, -0.15) is 8.42 Å². The van der Waals surface area contributed by atoms with Crippen LogP contribution in [-0.2, 0) is 19.0 Å². The van der Waals surface area contributed by atoms with Crippen LogP contribution in [0, 0.1) is 6.92 Å². The van der Waals surface area contributed by atoms with Crippen LogP contribution in [0.5, 0.6) is 0 Å². The minimum atomic E-state index is -3.66. The summed E-state index contributed by atoms with van der Waals surface area (Å²) in [5.74, 6) is 0. The second kappa shape index (κ2) is 10.8. The zero-order chi connectivity index (χ0) is 16.3. The zero-order valence-electron chi connectivity index (χ0n) is 13.7. The smallest absolute Gasteiger partial charge is 0.297 e. The Morgan fingerprint density at radius 2 is 1.50 bits per heavy atom. The molecule has 0 heterocycles. The molecular formula is C17H28O4S. The maximum absolute atomic E-state index is 11.9. The highest BCUT2D eigenvalue weighted by Gasteiger charge is 2.14. The molecule has 22 heavy (non-hydrogen) atoms. The molecule has 0 fully saturated rings. The fourth-order valence-electron chi connectivity index (χ4n) is 2.06. The quantitative estimate of drug-likeness (QED) is 0.428. The van der Waals surface area contributed by atoms with E-state index in [9.17, 15) is 8.42 Å². The number of hydrogen-bond donors (Lipinski definition) is 0. The normalized spacial score (nSPS) is 11.7. The Bertz CT molecular complexity index is 494. The van der Waals surface area contributed by atoms with E-state index in [-0.39, 0.29) is 11.5 Å². The van der Waals surface area contributed by atoms with Crippen LogP contribution < -0.4 is 0 Å². The summed E-state index contributed by atoms with van der Waals surface area (Å²) in [6.45, 7) is 5.15. The average molecular weight is 328 g/mol. The summed E-state index contributed by atoms with van der Waals surface area (Å²) >= 11 is 0. The van der Waals surface area contributed by atoms with E-state index in [4.69, 9.17) is 8.92 Å². The van der Waals surface area contributed by atoms with Gasteiger partial charge < -0.3 is 4.74 Å². The molecule has 0 amide bonds. The molecular weight excluding hydrogens is 300 g/mol. The average Bonchev–Trinajstić information content (AvgIpc) is 2.49. The van der Waals surface area contributed by atoms with Crippen molar-refractivity contribution in [1.82, 2.24) is 0 Å². The summed E-state index contributed by atoms with van der Waals surface area (Å²) in [5.41, 5.74) is 1.02. The number of ether oxygens (including phenoxy) is 1. The molecule has 0 atom stereocenters. The molecule has 126 valence electrons. The lowest BCUT2D eigenvalue weighted by molar-refractivity contribution is 0.0989. The molecule has 0 bridgehead atoms. The molecule has 0 aliphatic heterocycles. The Kier molecular flexibility index (Phi) is 9.36. The molecule has 0 aromatic heterocycles. The minimum Gasteiger partial charge on any atom is -0.379 e. The minimum absolute atomic E-state index is 0.0616. The van der Waals surface area contributed by atoms with Gasteiger partial charge in [-0.3, -0.25) is 4.18 Å². The van der Waals surface area contributed by atoms with Crippen molar-refractivity contribution >= 4 is 10.1 Å². The first-order valence-corrected chi connectivity index (χ1v) is 9.51. The second-order valence-corrected chi connectivity index (χ2v) is 7.08. The van der Waals surface area contributed by atoms with Crippen molar-refractivity contribution in [2.75, 3.05) is 19.8 Å². The van der Waals surface area contributed by atoms with Crippen molar-refractivity contribution < 1.29 is 17.3 Å². The van der Waals surface area contributed by atoms with Crippen molar-refractivity contribution in [2.24, 2.45) is 0 Å². The van der Waals surface area contributed by atoms with E-state index >= 15 is 0 Å². The Balaban J connectivity index is 2.10. The summed E-state index contributed by atoms with van der Waals surface area (Å²) in [7, 11) is -3.66. The van der Waals surface area contributed by atoms with E-state index in [0.717, 1.165) is 12.0 Å². The van der Waals surface area contributed by atoms with Crippen molar-refractivity contribution in [3.05, 3.63) is 29.8 Å². The third kappa shape index (κ3) is 7.92. The van der Waals surface area contributed by atoms with E-state index < -0.39 is 10.1 Å². The van der Waals surface area contributed by atoms with E-state index in [1.807, 2.05) is 6.92 Å². The SMILES string of the molecule is CCCCCCCCOCCOS(=O)(=O)c1ccc(C)cc1. The number of benzene rings is 1. The Hall–Kier alpha value is -0.910. The van der Waals surface area contributed by atoms with Crippen LogP contribution in [0.2, 0.25) is 0 Å². The van der Waals surface area contributed by atoms with Crippen LogP contribution in [0.4, 0.5) is 0 Å². The molecule has 0 N–H and O–H groups in total. The maximum atomic E-state index is 11.9. The first-order valence-electron chi connectivity index (χ1n) is 8.10. The lowest BCUT2D eigenvalue weighted by Gasteiger charge is -2.07. The molecule has 0 aliphatic carbocycles.